The Morgan fingerprint density at radius 1 is 1.83 bits per heavy atom. The fourth-order valence-corrected chi connectivity index (χ4v) is 0.181. The molecule has 1 aliphatic heterocycles. The highest BCUT2D eigenvalue weighted by atomic mass is 15.6. The molecule has 1 heterocycles. The molecule has 32 valence electrons. The van der Waals surface area contributed by atoms with Crippen molar-refractivity contribution in [2.45, 2.75) is 0 Å². The summed E-state index contributed by atoms with van der Waals surface area (Å²) in [6.07, 6.45) is 2.86. The lowest BCUT2D eigenvalue weighted by Gasteiger charge is -1.96. The van der Waals surface area contributed by atoms with Crippen LogP contribution in [0.5, 0.6) is 0 Å². The van der Waals surface area contributed by atoms with E-state index in [9.17, 15) is 0 Å². The van der Waals surface area contributed by atoms with Gasteiger partial charge < -0.3 is 0 Å². The first-order valence-corrected chi connectivity index (χ1v) is 1.50. The largest absolute Gasteiger partial charge is 0.289 e. The number of nitrogens with zero attached hydrogens (tertiary/aromatic N) is 2. The molecule has 0 amide bonds. The van der Waals surface area contributed by atoms with Gasteiger partial charge in [-0.3, -0.25) is 5.42 Å². The van der Waals surface area contributed by atoms with Crippen LogP contribution < -0.4 is 11.0 Å². The van der Waals surface area contributed by atoms with Crippen LogP contribution in [0.2, 0.25) is 1.41 Å². The molecule has 4 heteroatoms. The van der Waals surface area contributed by atoms with Crippen LogP contribution in [0.4, 0.5) is 0 Å². The topological polar surface area (TPSA) is 48.8 Å². The second-order valence-corrected chi connectivity index (χ2v) is 0.743. The maximum Gasteiger partial charge on any atom is 0.189 e. The van der Waals surface area contributed by atoms with Gasteiger partial charge in [-0.25, -0.2) is 5.53 Å². The predicted molar refractivity (Wildman–Crippen MR) is 20.3 cm³/mol. The van der Waals surface area contributed by atoms with Crippen molar-refractivity contribution in [1.82, 2.24) is 11.0 Å². The van der Waals surface area contributed by atoms with Crippen molar-refractivity contribution >= 4 is 0 Å². The van der Waals surface area contributed by atoms with Gasteiger partial charge in [-0.1, -0.05) is 5.22 Å². The second-order valence-electron chi connectivity index (χ2n) is 0.743. The van der Waals surface area contributed by atoms with Crippen molar-refractivity contribution in [3.05, 3.63) is 12.4 Å². The summed E-state index contributed by atoms with van der Waals surface area (Å²) in [5, 5.41) is 6.68. The maximum atomic E-state index is 6.75. The van der Waals surface area contributed by atoms with Gasteiger partial charge in [0.25, 0.3) is 0 Å². The summed E-state index contributed by atoms with van der Waals surface area (Å²) >= 11 is 0. The van der Waals surface area contributed by atoms with Gasteiger partial charge in [-0.15, -0.1) is 5.11 Å². The van der Waals surface area contributed by atoms with E-state index in [0.717, 1.165) is 5.42 Å². The summed E-state index contributed by atoms with van der Waals surface area (Å²) in [6.45, 7) is 0. The molecule has 0 aromatic carbocycles. The van der Waals surface area contributed by atoms with E-state index in [1.165, 1.54) is 12.4 Å². The molecule has 0 aromatic heterocycles. The Balaban J connectivity index is 2.49. The molecule has 0 fully saturated rings. The first-order valence-electron chi connectivity index (χ1n) is 1.94. The Labute approximate surface area is 36.4 Å². The SMILES string of the molecule is [2H]N1C=CN=NN1. The minimum absolute atomic E-state index is 0.951. The Morgan fingerprint density at radius 3 is 3.17 bits per heavy atom. The summed E-state index contributed by atoms with van der Waals surface area (Å²) in [6, 6.07) is 0. The van der Waals surface area contributed by atoms with Crippen molar-refractivity contribution in [2.75, 3.05) is 0 Å². The third-order valence-corrected chi connectivity index (χ3v) is 0.368. The zero-order valence-electron chi connectivity index (χ0n) is 4.00. The minimum Gasteiger partial charge on any atom is -0.289 e. The van der Waals surface area contributed by atoms with Gasteiger partial charge in [0.1, 0.15) is 0 Å². The molecule has 6 heavy (non-hydrogen) atoms. The molecule has 1 aliphatic rings. The summed E-state index contributed by atoms with van der Waals surface area (Å²) in [5.41, 5.74) is 3.20. The van der Waals surface area contributed by atoms with Crippen molar-refractivity contribution in [3.63, 3.8) is 0 Å². The normalized spacial score (nSPS) is 20.0. The molecular weight excluding hydrogens is 80.0 g/mol. The third-order valence-electron chi connectivity index (χ3n) is 0.368. The molecule has 0 aliphatic carbocycles. The second kappa shape index (κ2) is 1.40. The Morgan fingerprint density at radius 2 is 2.83 bits per heavy atom. The quantitative estimate of drug-likeness (QED) is 0.432. The van der Waals surface area contributed by atoms with Crippen LogP contribution in [0.15, 0.2) is 22.7 Å². The Bertz CT molecular complexity index is 108. The fourth-order valence-electron chi connectivity index (χ4n) is 0.181. The first kappa shape index (κ1) is 2.17. The zero-order valence-corrected chi connectivity index (χ0v) is 3.00. The predicted octanol–water partition coefficient (Wildman–Crippen LogP) is -0.0674. The highest BCUT2D eigenvalue weighted by Gasteiger charge is 1.72. The average Bonchev–Trinajstić information content (AvgIpc) is 1.69. The smallest absolute Gasteiger partial charge is 0.189 e. The number of rotatable bonds is 0. The molecule has 2 N–H and O–H groups in total. The van der Waals surface area contributed by atoms with Crippen molar-refractivity contribution in [3.8, 4) is 0 Å². The number of nitrogens with one attached hydrogen (secondary N) is 2. The fraction of sp³-hybridized carbons (Fsp3) is 0. The highest BCUT2D eigenvalue weighted by molar-refractivity contribution is 4.74. The van der Waals surface area contributed by atoms with E-state index in [0.29, 0.717) is 0 Å². The molecule has 0 radical (unpaired) electrons. The Hall–Kier alpha value is -1.06. The monoisotopic (exact) mass is 85.0 g/mol. The molecule has 0 atom stereocenters. The average molecular weight is 85.1 g/mol. The van der Waals surface area contributed by atoms with Gasteiger partial charge in [0.05, 0.1) is 6.20 Å². The van der Waals surface area contributed by atoms with Crippen LogP contribution in [0.3, 0.4) is 0 Å². The van der Waals surface area contributed by atoms with Gasteiger partial charge >= 0.3 is 0 Å². The van der Waals surface area contributed by atoms with E-state index < -0.39 is 0 Å². The Kier molecular flexibility index (Phi) is 0.506. The minimum atomic E-state index is 0.951. The molecule has 0 saturated carbocycles. The molecule has 0 saturated heterocycles. The third kappa shape index (κ3) is 0.453. The van der Waals surface area contributed by atoms with Gasteiger partial charge in [-0.05, 0) is 0 Å². The van der Waals surface area contributed by atoms with E-state index in [1.807, 2.05) is 0 Å². The van der Waals surface area contributed by atoms with Gasteiger partial charge in [0.2, 0.25) is 0 Å². The molecule has 1 rings (SSSR count). The molecule has 0 bridgehead atoms. The standard InChI is InChI=1S/C2H4N4/c1-2-4-6-5-3-1/h1-2H,(H,3,6)(H,4,5)/i/hD. The van der Waals surface area contributed by atoms with E-state index >= 15 is 0 Å². The van der Waals surface area contributed by atoms with Crippen LogP contribution in [0.1, 0.15) is 0 Å². The summed E-state index contributed by atoms with van der Waals surface area (Å²) < 4.78 is 6.75. The molecule has 0 unspecified atom stereocenters. The lowest BCUT2D eigenvalue weighted by Crippen LogP contribution is -2.21. The number of hydrogen-bond acceptors (Lipinski definition) is 4. The van der Waals surface area contributed by atoms with E-state index in [-0.39, 0.29) is 0 Å². The van der Waals surface area contributed by atoms with Gasteiger partial charge in [0.15, 0.2) is 1.41 Å². The van der Waals surface area contributed by atoms with Crippen molar-refractivity contribution in [1.29, 1.82) is 0 Å². The molecule has 4 nitrogen and oxygen atoms in total. The highest BCUT2D eigenvalue weighted by Crippen LogP contribution is 1.74. The van der Waals surface area contributed by atoms with Crippen molar-refractivity contribution in [2.24, 2.45) is 10.3 Å². The molecule has 0 aromatic rings. The lowest BCUT2D eigenvalue weighted by molar-refractivity contribution is 0.608. The molecule has 0 spiro atoms. The van der Waals surface area contributed by atoms with Crippen LogP contribution in [0, 0.1) is 0 Å². The molecular formula is C2H4N4. The van der Waals surface area contributed by atoms with E-state index in [1.54, 1.807) is 0 Å². The van der Waals surface area contributed by atoms with Crippen LogP contribution in [-0.4, -0.2) is 0 Å². The van der Waals surface area contributed by atoms with Crippen LogP contribution in [-0.2, 0) is 0 Å². The lowest BCUT2D eigenvalue weighted by atomic mass is 10.9. The van der Waals surface area contributed by atoms with Crippen LogP contribution in [0.25, 0.3) is 0 Å². The number of hydrazine groups is 1. The van der Waals surface area contributed by atoms with Crippen molar-refractivity contribution < 1.29 is 1.41 Å². The number of hydrogen-bond donors (Lipinski definition) is 2. The maximum absolute atomic E-state index is 6.75. The first-order chi connectivity index (χ1) is 3.39. The summed E-state index contributed by atoms with van der Waals surface area (Å²) in [4.78, 5) is 0. The van der Waals surface area contributed by atoms with Gasteiger partial charge in [0, 0.05) is 6.20 Å². The summed E-state index contributed by atoms with van der Waals surface area (Å²) in [7, 11) is 0. The zero-order chi connectivity index (χ0) is 5.11. The van der Waals surface area contributed by atoms with E-state index in [2.05, 4.69) is 15.9 Å². The van der Waals surface area contributed by atoms with Gasteiger partial charge in [-0.2, -0.15) is 0 Å². The van der Waals surface area contributed by atoms with E-state index in [4.69, 9.17) is 1.41 Å². The summed E-state index contributed by atoms with van der Waals surface area (Å²) in [5.74, 6) is 0. The van der Waals surface area contributed by atoms with Crippen LogP contribution >= 0.6 is 0 Å².